The Morgan fingerprint density at radius 2 is 2.07 bits per heavy atom. The molecule has 1 rings (SSSR count). The Morgan fingerprint density at radius 1 is 1.36 bits per heavy atom. The largest absolute Gasteiger partial charge is 0.365 e. The van der Waals surface area contributed by atoms with E-state index in [4.69, 9.17) is 5.11 Å². The maximum absolute atomic E-state index is 11.2. The van der Waals surface area contributed by atoms with Crippen molar-refractivity contribution in [3.63, 3.8) is 0 Å². The van der Waals surface area contributed by atoms with Gasteiger partial charge in [0.2, 0.25) is 5.91 Å². The van der Waals surface area contributed by atoms with Crippen molar-refractivity contribution in [3.8, 4) is 0 Å². The minimum atomic E-state index is -0.678. The molecule has 0 radical (unpaired) electrons. The number of thioether (sulfide) groups is 1. The third-order valence-electron chi connectivity index (χ3n) is 2.42. The average molecular weight is 217 g/mol. The third-order valence-corrected chi connectivity index (χ3v) is 3.58. The van der Waals surface area contributed by atoms with Crippen LogP contribution in [0.15, 0.2) is 0 Å². The van der Waals surface area contributed by atoms with Crippen LogP contribution in [0.3, 0.4) is 0 Å². The highest BCUT2D eigenvalue weighted by molar-refractivity contribution is 8.01. The number of carbonyl (C=O) groups is 1. The molecule has 0 bridgehead atoms. The van der Waals surface area contributed by atoms with Gasteiger partial charge < -0.3 is 10.4 Å². The molecule has 1 aliphatic rings. The van der Waals surface area contributed by atoms with Crippen LogP contribution >= 0.6 is 11.8 Å². The van der Waals surface area contributed by atoms with Crippen LogP contribution in [0.25, 0.3) is 0 Å². The van der Waals surface area contributed by atoms with Gasteiger partial charge in [-0.05, 0) is 6.42 Å². The highest BCUT2D eigenvalue weighted by Gasteiger charge is 2.30. The number of hydrogen-bond acceptors (Lipinski definition) is 3. The topological polar surface area (TPSA) is 49.3 Å². The van der Waals surface area contributed by atoms with Crippen molar-refractivity contribution < 1.29 is 9.90 Å². The molecule has 0 saturated carbocycles. The summed E-state index contributed by atoms with van der Waals surface area (Å²) in [5, 5.41) is 11.6. The van der Waals surface area contributed by atoms with Gasteiger partial charge in [0.25, 0.3) is 0 Å². The summed E-state index contributed by atoms with van der Waals surface area (Å²) in [4.78, 5) is 11.2. The van der Waals surface area contributed by atoms with E-state index in [1.807, 2.05) is 0 Å². The van der Waals surface area contributed by atoms with Gasteiger partial charge >= 0.3 is 0 Å². The zero-order valence-electron chi connectivity index (χ0n) is 8.66. The van der Waals surface area contributed by atoms with Crippen LogP contribution in [-0.2, 0) is 4.79 Å². The second-order valence-corrected chi connectivity index (χ2v) is 4.98. The first kappa shape index (κ1) is 11.9. The molecule has 2 atom stereocenters. The minimum absolute atomic E-state index is 0.00186. The van der Waals surface area contributed by atoms with E-state index >= 15 is 0 Å². The molecule has 4 heteroatoms. The Balaban J connectivity index is 2.04. The second-order valence-electron chi connectivity index (χ2n) is 3.69. The second kappa shape index (κ2) is 6.30. The predicted octanol–water partition coefficient (Wildman–Crippen LogP) is 1.85. The first-order chi connectivity index (χ1) is 6.74. The van der Waals surface area contributed by atoms with E-state index in [-0.39, 0.29) is 11.2 Å². The lowest BCUT2D eigenvalue weighted by molar-refractivity contribution is -0.121. The molecule has 82 valence electrons. The first-order valence-corrected chi connectivity index (χ1v) is 6.32. The molecule has 1 saturated heterocycles. The molecular formula is C10H19NO2S. The van der Waals surface area contributed by atoms with E-state index in [1.165, 1.54) is 37.4 Å². The van der Waals surface area contributed by atoms with Crippen LogP contribution in [0.5, 0.6) is 0 Å². The number of aliphatic hydroxyl groups is 1. The highest BCUT2D eigenvalue weighted by Crippen LogP contribution is 2.26. The van der Waals surface area contributed by atoms with E-state index in [1.54, 1.807) is 0 Å². The van der Waals surface area contributed by atoms with Crippen LogP contribution in [0.1, 0.15) is 45.4 Å². The van der Waals surface area contributed by atoms with Crippen molar-refractivity contribution in [2.75, 3.05) is 0 Å². The maximum atomic E-state index is 11.2. The summed E-state index contributed by atoms with van der Waals surface area (Å²) in [5.41, 5.74) is -0.678. The van der Waals surface area contributed by atoms with Gasteiger partial charge in [-0.2, -0.15) is 0 Å². The van der Waals surface area contributed by atoms with Crippen LogP contribution in [0.4, 0.5) is 0 Å². The summed E-state index contributed by atoms with van der Waals surface area (Å²) in [6, 6.07) is 0. The fourth-order valence-electron chi connectivity index (χ4n) is 1.60. The Bertz CT molecular complexity index is 187. The van der Waals surface area contributed by atoms with E-state index < -0.39 is 5.56 Å². The van der Waals surface area contributed by atoms with Crippen LogP contribution in [-0.4, -0.2) is 21.8 Å². The minimum Gasteiger partial charge on any atom is -0.365 e. The Hall–Kier alpha value is -0.220. The van der Waals surface area contributed by atoms with Crippen LogP contribution < -0.4 is 5.32 Å². The lowest BCUT2D eigenvalue weighted by Crippen LogP contribution is -2.27. The van der Waals surface area contributed by atoms with Crippen LogP contribution in [0, 0.1) is 0 Å². The Kier molecular flexibility index (Phi) is 5.33. The van der Waals surface area contributed by atoms with Crippen molar-refractivity contribution in [1.29, 1.82) is 0 Å². The van der Waals surface area contributed by atoms with Crippen LogP contribution in [0.2, 0.25) is 0 Å². The number of carbonyl (C=O) groups excluding carboxylic acids is 1. The lowest BCUT2D eigenvalue weighted by atomic mass is 10.1. The van der Waals surface area contributed by atoms with Gasteiger partial charge in [-0.3, -0.25) is 4.79 Å². The summed E-state index contributed by atoms with van der Waals surface area (Å²) in [5.74, 6) is -0.00186. The number of unbranched alkanes of at least 4 members (excludes halogenated alkanes) is 4. The molecule has 0 spiro atoms. The SMILES string of the molecule is CCCCCCCC1SC(O)NC1=O. The van der Waals surface area contributed by atoms with Gasteiger partial charge in [0.15, 0.2) is 5.56 Å². The fourth-order valence-corrected chi connectivity index (χ4v) is 2.59. The summed E-state index contributed by atoms with van der Waals surface area (Å²) < 4.78 is 0. The summed E-state index contributed by atoms with van der Waals surface area (Å²) in [6.45, 7) is 2.19. The summed E-state index contributed by atoms with van der Waals surface area (Å²) in [6.07, 6.45) is 6.99. The highest BCUT2D eigenvalue weighted by atomic mass is 32.2. The fraction of sp³-hybridized carbons (Fsp3) is 0.900. The van der Waals surface area contributed by atoms with Gasteiger partial charge in [-0.25, -0.2) is 0 Å². The molecular weight excluding hydrogens is 198 g/mol. The maximum Gasteiger partial charge on any atom is 0.235 e. The summed E-state index contributed by atoms with van der Waals surface area (Å²) in [7, 11) is 0. The predicted molar refractivity (Wildman–Crippen MR) is 58.9 cm³/mol. The number of nitrogens with one attached hydrogen (secondary N) is 1. The zero-order valence-corrected chi connectivity index (χ0v) is 9.48. The molecule has 2 N–H and O–H groups in total. The third kappa shape index (κ3) is 3.88. The molecule has 1 heterocycles. The van der Waals surface area contributed by atoms with Crippen molar-refractivity contribution in [2.45, 2.75) is 56.3 Å². The molecule has 14 heavy (non-hydrogen) atoms. The van der Waals surface area contributed by atoms with Crippen molar-refractivity contribution in [2.24, 2.45) is 0 Å². The number of hydrogen-bond donors (Lipinski definition) is 2. The molecule has 1 fully saturated rings. The molecule has 0 aromatic heterocycles. The number of aliphatic hydroxyl groups excluding tert-OH is 1. The molecule has 3 nitrogen and oxygen atoms in total. The quantitative estimate of drug-likeness (QED) is 0.668. The molecule has 2 unspecified atom stereocenters. The van der Waals surface area contributed by atoms with Crippen molar-refractivity contribution >= 4 is 17.7 Å². The van der Waals surface area contributed by atoms with Crippen molar-refractivity contribution in [3.05, 3.63) is 0 Å². The molecule has 1 amide bonds. The Morgan fingerprint density at radius 3 is 2.64 bits per heavy atom. The smallest absolute Gasteiger partial charge is 0.235 e. The van der Waals surface area contributed by atoms with Gasteiger partial charge in [-0.15, -0.1) is 0 Å². The normalized spacial score (nSPS) is 26.6. The average Bonchev–Trinajstić information content (AvgIpc) is 2.45. The van der Waals surface area contributed by atoms with Gasteiger partial charge in [0, 0.05) is 0 Å². The van der Waals surface area contributed by atoms with Gasteiger partial charge in [0.05, 0.1) is 5.25 Å². The van der Waals surface area contributed by atoms with E-state index in [0.717, 1.165) is 12.8 Å². The Labute approximate surface area is 89.6 Å². The van der Waals surface area contributed by atoms with Gasteiger partial charge in [0.1, 0.15) is 0 Å². The van der Waals surface area contributed by atoms with Crippen molar-refractivity contribution in [1.82, 2.24) is 5.32 Å². The summed E-state index contributed by atoms with van der Waals surface area (Å²) >= 11 is 1.33. The molecule has 1 aliphatic heterocycles. The van der Waals surface area contributed by atoms with E-state index in [0.29, 0.717) is 0 Å². The lowest BCUT2D eigenvalue weighted by Gasteiger charge is -2.04. The van der Waals surface area contributed by atoms with E-state index in [2.05, 4.69) is 12.2 Å². The van der Waals surface area contributed by atoms with E-state index in [9.17, 15) is 4.79 Å². The standard InChI is InChI=1S/C10H19NO2S/c1-2-3-4-5-6-7-8-9(12)11-10(13)14-8/h8,10,13H,2-7H2,1H3,(H,11,12). The number of rotatable bonds is 6. The number of amides is 1. The molecule has 0 aromatic rings. The van der Waals surface area contributed by atoms with Gasteiger partial charge in [-0.1, -0.05) is 50.8 Å². The zero-order chi connectivity index (χ0) is 10.4. The monoisotopic (exact) mass is 217 g/mol. The molecule has 0 aliphatic carbocycles. The first-order valence-electron chi connectivity index (χ1n) is 5.38. The molecule has 0 aromatic carbocycles.